The first kappa shape index (κ1) is 24.1. The Morgan fingerprint density at radius 3 is 2.61 bits per heavy atom. The number of nitrogens with one attached hydrogen (secondary N) is 1. The monoisotopic (exact) mass is 471 g/mol. The predicted molar refractivity (Wildman–Crippen MR) is 125 cm³/mol. The van der Waals surface area contributed by atoms with E-state index < -0.39 is 27.3 Å². The van der Waals surface area contributed by atoms with Crippen molar-refractivity contribution < 1.29 is 22.7 Å². The molecule has 1 heterocycles. The van der Waals surface area contributed by atoms with Crippen LogP contribution in [0.2, 0.25) is 0 Å². The quantitative estimate of drug-likeness (QED) is 0.493. The van der Waals surface area contributed by atoms with Gasteiger partial charge in [0.15, 0.2) is 5.82 Å². The third kappa shape index (κ3) is 6.05. The molecule has 0 atom stereocenters. The maximum Gasteiger partial charge on any atom is 0.330 e. The highest BCUT2D eigenvalue weighted by Crippen LogP contribution is 2.38. The van der Waals surface area contributed by atoms with Gasteiger partial charge in [-0.2, -0.15) is 13.7 Å². The van der Waals surface area contributed by atoms with E-state index in [0.29, 0.717) is 17.1 Å². The molecule has 2 N–H and O–H groups in total. The molecule has 0 fully saturated rings. The smallest absolute Gasteiger partial charge is 0.330 e. The minimum absolute atomic E-state index is 0.0144. The van der Waals surface area contributed by atoms with Gasteiger partial charge >= 0.3 is 10.2 Å². The molecule has 0 bridgehead atoms. The van der Waals surface area contributed by atoms with Crippen LogP contribution in [0.5, 0.6) is 5.75 Å². The van der Waals surface area contributed by atoms with E-state index in [1.807, 2.05) is 48.9 Å². The molecule has 7 nitrogen and oxygen atoms in total. The van der Waals surface area contributed by atoms with Crippen LogP contribution >= 0.6 is 0 Å². The topological polar surface area (TPSA) is 103 Å². The van der Waals surface area contributed by atoms with Crippen molar-refractivity contribution in [3.8, 4) is 11.8 Å². The normalized spacial score (nSPS) is 15.2. The number of unbranched alkanes of at least 4 members (excludes halogenated alkanes) is 1. The minimum atomic E-state index is -4.22. The fraction of sp³-hybridized carbons (Fsp3) is 0.292. The number of halogens is 1. The lowest BCUT2D eigenvalue weighted by Crippen LogP contribution is -2.30. The molecule has 0 saturated heterocycles. The van der Waals surface area contributed by atoms with E-state index in [-0.39, 0.29) is 23.6 Å². The highest BCUT2D eigenvalue weighted by molar-refractivity contribution is 7.91. The first-order valence-corrected chi connectivity index (χ1v) is 11.9. The summed E-state index contributed by atoms with van der Waals surface area (Å²) in [5, 5.41) is 18.8. The molecular weight excluding hydrogens is 445 g/mol. The molecule has 33 heavy (non-hydrogen) atoms. The third-order valence-corrected chi connectivity index (χ3v) is 6.34. The lowest BCUT2D eigenvalue weighted by atomic mass is 9.89. The lowest BCUT2D eigenvalue weighted by Gasteiger charge is -2.20. The molecule has 0 aromatic heterocycles. The van der Waals surface area contributed by atoms with Gasteiger partial charge in [0, 0.05) is 5.56 Å². The standard InChI is InChI=1S/C24H26FN3O4S/c1-24(2,17-26)14-8-4-7-11-19-12-13-20(32-16-18-9-5-3-6-10-18)23(22(19)25)28-15-21(29)27-33(28,30)31/h3,5-7,9-13,15,27,29H,4,8,14,16H2,1-2H3. The number of nitriles is 1. The number of aliphatic hydroxyl groups excluding tert-OH is 1. The molecule has 0 amide bonds. The molecule has 174 valence electrons. The molecule has 9 heteroatoms. The third-order valence-electron chi connectivity index (χ3n) is 5.07. The van der Waals surface area contributed by atoms with Crippen LogP contribution in [0.3, 0.4) is 0 Å². The van der Waals surface area contributed by atoms with Crippen molar-refractivity contribution in [2.45, 2.75) is 39.7 Å². The minimum Gasteiger partial charge on any atom is -0.493 e. The Hall–Kier alpha value is -3.51. The number of benzene rings is 2. The van der Waals surface area contributed by atoms with Crippen molar-refractivity contribution >= 4 is 22.0 Å². The van der Waals surface area contributed by atoms with E-state index in [1.54, 1.807) is 12.2 Å². The van der Waals surface area contributed by atoms with Gasteiger partial charge in [0.2, 0.25) is 5.88 Å². The summed E-state index contributed by atoms with van der Waals surface area (Å²) in [6, 6.07) is 14.4. The van der Waals surface area contributed by atoms with Gasteiger partial charge in [-0.1, -0.05) is 42.5 Å². The number of anilines is 1. The zero-order valence-electron chi connectivity index (χ0n) is 18.5. The highest BCUT2D eigenvalue weighted by Gasteiger charge is 2.34. The average molecular weight is 472 g/mol. The summed E-state index contributed by atoms with van der Waals surface area (Å²) in [7, 11) is -4.22. The molecular formula is C24H26FN3O4S. The fourth-order valence-electron chi connectivity index (χ4n) is 3.25. The highest BCUT2D eigenvalue weighted by atomic mass is 32.2. The van der Waals surface area contributed by atoms with Crippen LogP contribution in [0, 0.1) is 22.6 Å². The van der Waals surface area contributed by atoms with Gasteiger partial charge in [-0.15, -0.1) is 0 Å². The Balaban J connectivity index is 1.88. The zero-order valence-corrected chi connectivity index (χ0v) is 19.3. The van der Waals surface area contributed by atoms with Crippen molar-refractivity contribution in [1.82, 2.24) is 4.72 Å². The summed E-state index contributed by atoms with van der Waals surface area (Å²) in [4.78, 5) is 0. The van der Waals surface area contributed by atoms with Gasteiger partial charge < -0.3 is 9.84 Å². The van der Waals surface area contributed by atoms with Crippen LogP contribution in [-0.2, 0) is 16.8 Å². The molecule has 0 unspecified atom stereocenters. The van der Waals surface area contributed by atoms with E-state index >= 15 is 4.39 Å². The van der Waals surface area contributed by atoms with Crippen LogP contribution in [0.25, 0.3) is 6.08 Å². The van der Waals surface area contributed by atoms with Crippen LogP contribution in [0.4, 0.5) is 10.1 Å². The SMILES string of the molecule is CC(C)(C#N)CCCC=Cc1ccc(OCc2ccccc2)c(N2C=C(O)NS2(=O)=O)c1F. The molecule has 1 aliphatic rings. The van der Waals surface area contributed by atoms with Crippen LogP contribution in [-0.4, -0.2) is 13.5 Å². The molecule has 2 aromatic carbocycles. The Bertz CT molecular complexity index is 1200. The second-order valence-electron chi connectivity index (χ2n) is 8.30. The van der Waals surface area contributed by atoms with E-state index in [0.717, 1.165) is 18.2 Å². The van der Waals surface area contributed by atoms with Crippen molar-refractivity contribution in [2.24, 2.45) is 5.41 Å². The second kappa shape index (κ2) is 9.96. The summed E-state index contributed by atoms with van der Waals surface area (Å²) in [6.07, 6.45) is 6.33. The zero-order chi connectivity index (χ0) is 24.1. The maximum atomic E-state index is 15.5. The largest absolute Gasteiger partial charge is 0.493 e. The second-order valence-corrected chi connectivity index (χ2v) is 9.84. The molecule has 0 aliphatic carbocycles. The first-order chi connectivity index (χ1) is 15.6. The number of rotatable bonds is 9. The Kier molecular flexibility index (Phi) is 7.29. The van der Waals surface area contributed by atoms with Crippen LogP contribution in [0.1, 0.15) is 44.2 Å². The Morgan fingerprint density at radius 2 is 1.97 bits per heavy atom. The fourth-order valence-corrected chi connectivity index (χ4v) is 4.31. The van der Waals surface area contributed by atoms with E-state index in [9.17, 15) is 13.5 Å². The number of nitrogens with zero attached hydrogens (tertiary/aromatic N) is 2. The summed E-state index contributed by atoms with van der Waals surface area (Å²) in [5.74, 6) is -1.41. The predicted octanol–water partition coefficient (Wildman–Crippen LogP) is 5.15. The van der Waals surface area contributed by atoms with Gasteiger partial charge in [-0.25, -0.2) is 13.4 Å². The van der Waals surface area contributed by atoms with Gasteiger partial charge in [0.25, 0.3) is 0 Å². The van der Waals surface area contributed by atoms with Gasteiger partial charge in [-0.05, 0) is 50.8 Å². The lowest BCUT2D eigenvalue weighted by molar-refractivity contribution is 0.306. The summed E-state index contributed by atoms with van der Waals surface area (Å²) in [6.45, 7) is 3.84. The van der Waals surface area contributed by atoms with Crippen molar-refractivity contribution in [3.63, 3.8) is 0 Å². The van der Waals surface area contributed by atoms with Crippen LogP contribution in [0.15, 0.2) is 60.6 Å². The van der Waals surface area contributed by atoms with E-state index in [1.165, 1.54) is 12.1 Å². The Morgan fingerprint density at radius 1 is 1.24 bits per heavy atom. The maximum absolute atomic E-state index is 15.5. The van der Waals surface area contributed by atoms with Crippen LogP contribution < -0.4 is 13.8 Å². The van der Waals surface area contributed by atoms with Gasteiger partial charge in [0.1, 0.15) is 18.0 Å². The molecule has 0 saturated carbocycles. The number of hydrogen-bond acceptors (Lipinski definition) is 5. The van der Waals surface area contributed by atoms with Gasteiger partial charge in [-0.3, -0.25) is 0 Å². The number of hydrogen-bond donors (Lipinski definition) is 2. The summed E-state index contributed by atoms with van der Waals surface area (Å²) >= 11 is 0. The average Bonchev–Trinajstić information content (AvgIpc) is 3.05. The van der Waals surface area contributed by atoms with E-state index in [4.69, 9.17) is 10.00 Å². The molecule has 0 radical (unpaired) electrons. The van der Waals surface area contributed by atoms with Crippen molar-refractivity contribution in [3.05, 3.63) is 77.6 Å². The Labute approximate surface area is 193 Å². The van der Waals surface area contributed by atoms with Crippen molar-refractivity contribution in [2.75, 3.05) is 4.31 Å². The molecule has 1 aliphatic heterocycles. The number of ether oxygens (including phenoxy) is 1. The molecule has 2 aromatic rings. The number of aliphatic hydroxyl groups is 1. The van der Waals surface area contributed by atoms with E-state index in [2.05, 4.69) is 6.07 Å². The summed E-state index contributed by atoms with van der Waals surface area (Å²) in [5.41, 5.74) is 0.255. The summed E-state index contributed by atoms with van der Waals surface area (Å²) < 4.78 is 48.7. The number of allylic oxidation sites excluding steroid dienone is 1. The molecule has 3 rings (SSSR count). The first-order valence-electron chi connectivity index (χ1n) is 10.4. The van der Waals surface area contributed by atoms with Gasteiger partial charge in [0.05, 0.1) is 17.7 Å². The molecule has 0 spiro atoms. The van der Waals surface area contributed by atoms with Crippen molar-refractivity contribution in [1.29, 1.82) is 5.26 Å².